The minimum absolute atomic E-state index is 0.154. The fraction of sp³-hybridized carbons (Fsp3) is 0.615. The minimum atomic E-state index is -3.01. The van der Waals surface area contributed by atoms with Crippen LogP contribution in [0.15, 0.2) is 18.5 Å². The summed E-state index contributed by atoms with van der Waals surface area (Å²) in [6.45, 7) is 3.16. The maximum atomic E-state index is 14.0. The van der Waals surface area contributed by atoms with E-state index in [0.717, 1.165) is 0 Å². The monoisotopic (exact) mass is 272 g/mol. The Balaban J connectivity index is 2.03. The number of alkyl halides is 2. The smallest absolute Gasteiger partial charge is 0.290 e. The zero-order chi connectivity index (χ0) is 14.0. The molecule has 1 amide bonds. The second-order valence-electron chi connectivity index (χ2n) is 5.05. The number of hydrogen-bond acceptors (Lipinski definition) is 2. The first-order valence-electron chi connectivity index (χ1n) is 6.35. The van der Waals surface area contributed by atoms with Crippen molar-refractivity contribution in [1.82, 2.24) is 9.88 Å². The van der Waals surface area contributed by atoms with Gasteiger partial charge in [-0.1, -0.05) is 0 Å². The van der Waals surface area contributed by atoms with Crippen molar-refractivity contribution in [2.45, 2.75) is 38.4 Å². The van der Waals surface area contributed by atoms with Crippen molar-refractivity contribution in [1.29, 1.82) is 0 Å². The van der Waals surface area contributed by atoms with E-state index in [9.17, 15) is 13.6 Å². The van der Waals surface area contributed by atoms with E-state index in [1.54, 1.807) is 26.1 Å². The summed E-state index contributed by atoms with van der Waals surface area (Å²) in [6, 6.07) is 1.58. The number of rotatable bonds is 3. The number of nitrogens with one attached hydrogen (secondary N) is 1. The van der Waals surface area contributed by atoms with Crippen molar-refractivity contribution in [3.05, 3.63) is 24.0 Å². The lowest BCUT2D eigenvalue weighted by atomic mass is 10.0. The van der Waals surface area contributed by atoms with Crippen LogP contribution < -0.4 is 0 Å². The number of nitrogens with zero attached hydrogens (tertiary/aromatic N) is 1. The standard InChI is InChI=1S/C13H18F2N2O2/c1-9(2)19-11-4-6-17(8-13(11,14)15)12(18)10-3-5-16-7-10/h3,5,7,9,11,16H,4,6,8H2,1-2H3/t11-/m0/s1. The molecule has 1 saturated heterocycles. The van der Waals surface area contributed by atoms with Gasteiger partial charge in [0.15, 0.2) is 0 Å². The fourth-order valence-corrected chi connectivity index (χ4v) is 2.23. The summed E-state index contributed by atoms with van der Waals surface area (Å²) in [5.41, 5.74) is 0.402. The summed E-state index contributed by atoms with van der Waals surface area (Å²) in [7, 11) is 0. The largest absolute Gasteiger partial charge is 0.369 e. The Kier molecular flexibility index (Phi) is 3.89. The molecule has 4 nitrogen and oxygen atoms in total. The summed E-state index contributed by atoms with van der Waals surface area (Å²) < 4.78 is 33.1. The zero-order valence-corrected chi connectivity index (χ0v) is 11.0. The molecule has 19 heavy (non-hydrogen) atoms. The first kappa shape index (κ1) is 14.0. The van der Waals surface area contributed by atoms with Crippen LogP contribution >= 0.6 is 0 Å². The van der Waals surface area contributed by atoms with E-state index in [2.05, 4.69) is 4.98 Å². The summed E-state index contributed by atoms with van der Waals surface area (Å²) >= 11 is 0. The van der Waals surface area contributed by atoms with E-state index in [1.807, 2.05) is 0 Å². The topological polar surface area (TPSA) is 45.3 Å². The number of ether oxygens (including phenoxy) is 1. The van der Waals surface area contributed by atoms with E-state index in [1.165, 1.54) is 11.1 Å². The average molecular weight is 272 g/mol. The van der Waals surface area contributed by atoms with Gasteiger partial charge in [0, 0.05) is 18.9 Å². The van der Waals surface area contributed by atoms with Gasteiger partial charge >= 0.3 is 0 Å². The van der Waals surface area contributed by atoms with Crippen LogP contribution in [0.25, 0.3) is 0 Å². The Morgan fingerprint density at radius 1 is 1.58 bits per heavy atom. The van der Waals surface area contributed by atoms with Crippen molar-refractivity contribution in [2.24, 2.45) is 0 Å². The maximum Gasteiger partial charge on any atom is 0.290 e. The Morgan fingerprint density at radius 2 is 2.32 bits per heavy atom. The molecule has 0 aliphatic carbocycles. The van der Waals surface area contributed by atoms with Crippen LogP contribution in [0.2, 0.25) is 0 Å². The highest BCUT2D eigenvalue weighted by Gasteiger charge is 2.47. The number of carbonyl (C=O) groups is 1. The molecule has 0 unspecified atom stereocenters. The van der Waals surface area contributed by atoms with Gasteiger partial charge in [-0.05, 0) is 26.3 Å². The van der Waals surface area contributed by atoms with E-state index in [0.29, 0.717) is 5.56 Å². The van der Waals surface area contributed by atoms with E-state index < -0.39 is 18.6 Å². The Morgan fingerprint density at radius 3 is 2.84 bits per heavy atom. The molecule has 1 fully saturated rings. The Labute approximate surface area is 110 Å². The first-order chi connectivity index (χ1) is 8.90. The van der Waals surface area contributed by atoms with Crippen LogP contribution in [0.3, 0.4) is 0 Å². The Bertz CT molecular complexity index is 432. The number of halogens is 2. The molecule has 1 aliphatic rings. The molecule has 2 heterocycles. The molecule has 1 N–H and O–H groups in total. The Hall–Kier alpha value is -1.43. The van der Waals surface area contributed by atoms with Gasteiger partial charge in [0.25, 0.3) is 11.8 Å². The van der Waals surface area contributed by atoms with Gasteiger partial charge in [-0.2, -0.15) is 0 Å². The molecule has 1 aromatic rings. The first-order valence-corrected chi connectivity index (χ1v) is 6.35. The van der Waals surface area contributed by atoms with Crippen LogP contribution in [-0.2, 0) is 4.74 Å². The summed E-state index contributed by atoms with van der Waals surface area (Å²) in [5, 5.41) is 0. The lowest BCUT2D eigenvalue weighted by Crippen LogP contribution is -2.54. The van der Waals surface area contributed by atoms with Gasteiger partial charge < -0.3 is 14.6 Å². The van der Waals surface area contributed by atoms with E-state index in [-0.39, 0.29) is 25.0 Å². The summed E-state index contributed by atoms with van der Waals surface area (Å²) in [4.78, 5) is 15.9. The van der Waals surface area contributed by atoms with Gasteiger partial charge in [-0.3, -0.25) is 4.79 Å². The third-order valence-electron chi connectivity index (χ3n) is 3.10. The van der Waals surface area contributed by atoms with Crippen molar-refractivity contribution in [2.75, 3.05) is 13.1 Å². The maximum absolute atomic E-state index is 14.0. The number of H-pyrrole nitrogens is 1. The van der Waals surface area contributed by atoms with Gasteiger partial charge in [0.05, 0.1) is 18.2 Å². The van der Waals surface area contributed by atoms with Crippen molar-refractivity contribution < 1.29 is 18.3 Å². The lowest BCUT2D eigenvalue weighted by Gasteiger charge is -2.38. The fourth-order valence-electron chi connectivity index (χ4n) is 2.23. The number of likely N-dealkylation sites (tertiary alicyclic amines) is 1. The normalized spacial score (nSPS) is 22.8. The van der Waals surface area contributed by atoms with Crippen LogP contribution in [0, 0.1) is 0 Å². The van der Waals surface area contributed by atoms with Gasteiger partial charge in [0.2, 0.25) is 0 Å². The second-order valence-corrected chi connectivity index (χ2v) is 5.05. The highest BCUT2D eigenvalue weighted by molar-refractivity contribution is 5.94. The molecule has 0 bridgehead atoms. The third kappa shape index (κ3) is 3.12. The van der Waals surface area contributed by atoms with Gasteiger partial charge in [-0.25, -0.2) is 8.78 Å². The molecule has 0 radical (unpaired) electrons. The SMILES string of the molecule is CC(C)O[C@H]1CCN(C(=O)c2cc[nH]c2)CC1(F)F. The number of aromatic amines is 1. The molecule has 1 aromatic heterocycles. The number of amides is 1. The molecule has 106 valence electrons. The molecule has 1 atom stereocenters. The second kappa shape index (κ2) is 5.28. The van der Waals surface area contributed by atoms with Crippen molar-refractivity contribution in [3.8, 4) is 0 Å². The van der Waals surface area contributed by atoms with Crippen molar-refractivity contribution in [3.63, 3.8) is 0 Å². The molecule has 2 rings (SSSR count). The number of aromatic nitrogens is 1. The average Bonchev–Trinajstić information content (AvgIpc) is 2.83. The molecular weight excluding hydrogens is 254 g/mol. The summed E-state index contributed by atoms with van der Waals surface area (Å²) in [5.74, 6) is -3.38. The molecule has 1 aliphatic heterocycles. The zero-order valence-electron chi connectivity index (χ0n) is 11.0. The lowest BCUT2D eigenvalue weighted by molar-refractivity contribution is -0.179. The molecule has 6 heteroatoms. The molecule has 0 saturated carbocycles. The van der Waals surface area contributed by atoms with Crippen molar-refractivity contribution >= 4 is 5.91 Å². The molecular formula is C13H18F2N2O2. The predicted octanol–water partition coefficient (Wildman–Crippen LogP) is 2.29. The quantitative estimate of drug-likeness (QED) is 0.917. The predicted molar refractivity (Wildman–Crippen MR) is 66.3 cm³/mol. The highest BCUT2D eigenvalue weighted by Crippen LogP contribution is 2.31. The molecule has 0 spiro atoms. The minimum Gasteiger partial charge on any atom is -0.369 e. The molecule has 0 aromatic carbocycles. The number of carbonyl (C=O) groups excluding carboxylic acids is 1. The van der Waals surface area contributed by atoms with E-state index in [4.69, 9.17) is 4.74 Å². The van der Waals surface area contributed by atoms with Crippen LogP contribution in [-0.4, -0.2) is 47.0 Å². The van der Waals surface area contributed by atoms with Crippen LogP contribution in [0.4, 0.5) is 8.78 Å². The number of piperidine rings is 1. The van der Waals surface area contributed by atoms with Gasteiger partial charge in [-0.15, -0.1) is 0 Å². The van der Waals surface area contributed by atoms with Crippen LogP contribution in [0.5, 0.6) is 0 Å². The third-order valence-corrected chi connectivity index (χ3v) is 3.10. The van der Waals surface area contributed by atoms with Gasteiger partial charge in [0.1, 0.15) is 6.10 Å². The highest BCUT2D eigenvalue weighted by atomic mass is 19.3. The van der Waals surface area contributed by atoms with E-state index >= 15 is 0 Å². The van der Waals surface area contributed by atoms with Crippen LogP contribution in [0.1, 0.15) is 30.6 Å². The number of hydrogen-bond donors (Lipinski definition) is 1. The summed E-state index contributed by atoms with van der Waals surface area (Å²) in [6.07, 6.45) is 1.91.